The molecule has 0 bridgehead atoms. The quantitative estimate of drug-likeness (QED) is 0.517. The van der Waals surface area contributed by atoms with E-state index in [0.717, 1.165) is 18.8 Å². The molecule has 160 valence electrons. The first-order valence-corrected chi connectivity index (χ1v) is 13.1. The smallest absolute Gasteiger partial charge is 0.178 e. The second kappa shape index (κ2) is 6.97. The number of rotatable bonds is 3. The number of fused-ring (bicyclic) bond motifs is 3. The minimum Gasteiger partial charge on any atom is -0.224 e. The standard InChI is InChI=1S/C26H38O2S/c1-19-12-13-23-25(4,17-14-22-24(2,3)15-9-16-26(22,23)5)21(19)18-29(27,28)20-10-7-6-8-11-20/h6-8,10-12,21-23H,9,13-18H2,1-5H3/t21-,22+,23+,25+,26+/m1/s1. The summed E-state index contributed by atoms with van der Waals surface area (Å²) in [5.41, 5.74) is 2.08. The highest BCUT2D eigenvalue weighted by molar-refractivity contribution is 7.91. The predicted octanol–water partition coefficient (Wildman–Crippen LogP) is 6.68. The molecule has 1 aromatic carbocycles. The van der Waals surface area contributed by atoms with Crippen molar-refractivity contribution in [2.45, 2.75) is 78.0 Å². The van der Waals surface area contributed by atoms with Crippen molar-refractivity contribution in [3.05, 3.63) is 42.0 Å². The lowest BCUT2D eigenvalue weighted by atomic mass is 9.40. The molecule has 2 saturated carbocycles. The van der Waals surface area contributed by atoms with Gasteiger partial charge in [-0.05, 0) is 85.2 Å². The number of sulfone groups is 1. The highest BCUT2D eigenvalue weighted by Crippen LogP contribution is 2.68. The molecular formula is C26H38O2S. The zero-order valence-electron chi connectivity index (χ0n) is 18.9. The average Bonchev–Trinajstić information content (AvgIpc) is 2.64. The van der Waals surface area contributed by atoms with Crippen molar-refractivity contribution in [1.82, 2.24) is 0 Å². The van der Waals surface area contributed by atoms with Crippen molar-refractivity contribution >= 4 is 9.84 Å². The lowest BCUT2D eigenvalue weighted by molar-refractivity contribution is -0.142. The molecule has 0 aliphatic heterocycles. The van der Waals surface area contributed by atoms with Gasteiger partial charge >= 0.3 is 0 Å². The Morgan fingerprint density at radius 1 is 0.931 bits per heavy atom. The topological polar surface area (TPSA) is 34.1 Å². The summed E-state index contributed by atoms with van der Waals surface area (Å²) in [6, 6.07) is 9.04. The molecule has 0 unspecified atom stereocenters. The van der Waals surface area contributed by atoms with Gasteiger partial charge in [-0.2, -0.15) is 0 Å². The van der Waals surface area contributed by atoms with E-state index < -0.39 is 9.84 Å². The lowest BCUT2D eigenvalue weighted by Gasteiger charge is -2.65. The minimum absolute atomic E-state index is 0.0688. The highest BCUT2D eigenvalue weighted by Gasteiger charge is 2.60. The first-order chi connectivity index (χ1) is 13.5. The molecule has 1 aromatic rings. The van der Waals surface area contributed by atoms with E-state index in [1.54, 1.807) is 12.1 Å². The predicted molar refractivity (Wildman–Crippen MR) is 120 cm³/mol. The third-order valence-electron chi connectivity index (χ3n) is 9.35. The fourth-order valence-electron chi connectivity index (χ4n) is 7.87. The highest BCUT2D eigenvalue weighted by atomic mass is 32.2. The van der Waals surface area contributed by atoms with E-state index in [1.807, 2.05) is 18.2 Å². The van der Waals surface area contributed by atoms with Gasteiger partial charge in [-0.3, -0.25) is 0 Å². The van der Waals surface area contributed by atoms with Crippen LogP contribution in [0.2, 0.25) is 0 Å². The second-order valence-corrected chi connectivity index (χ2v) is 13.4. The average molecular weight is 415 g/mol. The molecule has 0 aromatic heterocycles. The van der Waals surface area contributed by atoms with E-state index >= 15 is 0 Å². The molecule has 0 radical (unpaired) electrons. The minimum atomic E-state index is -3.29. The monoisotopic (exact) mass is 414 g/mol. The van der Waals surface area contributed by atoms with Crippen LogP contribution in [-0.2, 0) is 9.84 Å². The molecule has 0 heterocycles. The summed E-state index contributed by atoms with van der Waals surface area (Å²) < 4.78 is 26.6. The van der Waals surface area contributed by atoms with Gasteiger partial charge < -0.3 is 0 Å². The summed E-state index contributed by atoms with van der Waals surface area (Å²) in [5.74, 6) is 1.69. The number of hydrogen-bond donors (Lipinski definition) is 0. The SMILES string of the molecule is CC1=CC[C@H]2[C@@](C)(CC[C@H]3C(C)(C)CCC[C@]23C)[C@@H]1CS(=O)(=O)c1ccccc1. The molecule has 3 aliphatic rings. The van der Waals surface area contributed by atoms with Crippen molar-refractivity contribution in [1.29, 1.82) is 0 Å². The molecular weight excluding hydrogens is 376 g/mol. The Balaban J connectivity index is 1.71. The third-order valence-corrected chi connectivity index (χ3v) is 11.1. The van der Waals surface area contributed by atoms with E-state index in [1.165, 1.54) is 31.3 Å². The largest absolute Gasteiger partial charge is 0.224 e. The Hall–Kier alpha value is -1.09. The molecule has 3 aliphatic carbocycles. The number of benzene rings is 1. The van der Waals surface area contributed by atoms with E-state index in [9.17, 15) is 8.42 Å². The zero-order valence-corrected chi connectivity index (χ0v) is 19.7. The molecule has 3 heteroatoms. The summed E-state index contributed by atoms with van der Waals surface area (Å²) in [6.45, 7) is 12.1. The Kier molecular flexibility index (Phi) is 5.08. The molecule has 2 fully saturated rings. The van der Waals surface area contributed by atoms with Crippen molar-refractivity contribution in [3.63, 3.8) is 0 Å². The molecule has 5 atom stereocenters. The molecule has 29 heavy (non-hydrogen) atoms. The maximum atomic E-state index is 13.3. The fraction of sp³-hybridized carbons (Fsp3) is 0.692. The number of hydrogen-bond acceptors (Lipinski definition) is 2. The second-order valence-electron chi connectivity index (χ2n) is 11.3. The third kappa shape index (κ3) is 3.32. The van der Waals surface area contributed by atoms with Crippen LogP contribution in [0.5, 0.6) is 0 Å². The van der Waals surface area contributed by atoms with Crippen LogP contribution in [-0.4, -0.2) is 14.2 Å². The molecule has 0 N–H and O–H groups in total. The van der Waals surface area contributed by atoms with Crippen molar-refractivity contribution < 1.29 is 8.42 Å². The summed E-state index contributed by atoms with van der Waals surface area (Å²) >= 11 is 0. The van der Waals surface area contributed by atoms with Crippen LogP contribution in [0.3, 0.4) is 0 Å². The van der Waals surface area contributed by atoms with E-state index in [0.29, 0.717) is 21.6 Å². The summed E-state index contributed by atoms with van der Waals surface area (Å²) in [7, 11) is -3.29. The molecule has 0 amide bonds. The van der Waals surface area contributed by atoms with Gasteiger partial charge in [0.05, 0.1) is 10.6 Å². The van der Waals surface area contributed by atoms with Gasteiger partial charge in [0.2, 0.25) is 0 Å². The molecule has 4 rings (SSSR count). The van der Waals surface area contributed by atoms with Gasteiger partial charge in [-0.1, -0.05) is 64.0 Å². The van der Waals surface area contributed by atoms with Gasteiger partial charge in [0, 0.05) is 0 Å². The van der Waals surface area contributed by atoms with E-state index in [4.69, 9.17) is 0 Å². The Morgan fingerprint density at radius 2 is 1.62 bits per heavy atom. The number of allylic oxidation sites excluding steroid dienone is 2. The summed E-state index contributed by atoms with van der Waals surface area (Å²) in [5, 5.41) is 0. The van der Waals surface area contributed by atoms with Crippen LogP contribution in [0.25, 0.3) is 0 Å². The van der Waals surface area contributed by atoms with Gasteiger partial charge in [-0.25, -0.2) is 8.42 Å². The summed E-state index contributed by atoms with van der Waals surface area (Å²) in [4.78, 5) is 0.470. The van der Waals surface area contributed by atoms with Gasteiger partial charge in [-0.15, -0.1) is 0 Å². The molecule has 0 saturated heterocycles. The van der Waals surface area contributed by atoms with Crippen LogP contribution in [0.15, 0.2) is 46.9 Å². The zero-order chi connectivity index (χ0) is 21.1. The maximum absolute atomic E-state index is 13.3. The van der Waals surface area contributed by atoms with Crippen molar-refractivity contribution in [3.8, 4) is 0 Å². The van der Waals surface area contributed by atoms with E-state index in [-0.39, 0.29) is 17.1 Å². The Bertz CT molecular complexity index is 898. The van der Waals surface area contributed by atoms with Gasteiger partial charge in [0.15, 0.2) is 9.84 Å². The van der Waals surface area contributed by atoms with Crippen LogP contribution in [0.1, 0.15) is 73.1 Å². The molecule has 2 nitrogen and oxygen atoms in total. The van der Waals surface area contributed by atoms with Crippen LogP contribution >= 0.6 is 0 Å². The first kappa shape index (κ1) is 21.2. The Morgan fingerprint density at radius 3 is 2.31 bits per heavy atom. The molecule has 0 spiro atoms. The summed E-state index contributed by atoms with van der Waals surface area (Å²) in [6.07, 6.45) is 9.83. The fourth-order valence-corrected chi connectivity index (χ4v) is 9.72. The van der Waals surface area contributed by atoms with Gasteiger partial charge in [0.1, 0.15) is 0 Å². The van der Waals surface area contributed by atoms with Crippen LogP contribution in [0, 0.1) is 34.0 Å². The van der Waals surface area contributed by atoms with Crippen molar-refractivity contribution in [2.24, 2.45) is 34.0 Å². The van der Waals surface area contributed by atoms with E-state index in [2.05, 4.69) is 40.7 Å². The van der Waals surface area contributed by atoms with Crippen LogP contribution < -0.4 is 0 Å². The first-order valence-electron chi connectivity index (χ1n) is 11.5. The maximum Gasteiger partial charge on any atom is 0.178 e. The Labute approximate surface area is 178 Å². The normalized spacial score (nSPS) is 39.2. The van der Waals surface area contributed by atoms with Crippen molar-refractivity contribution in [2.75, 3.05) is 5.75 Å². The lowest BCUT2D eigenvalue weighted by Crippen LogP contribution is -2.58. The van der Waals surface area contributed by atoms with Gasteiger partial charge in [0.25, 0.3) is 0 Å². The van der Waals surface area contributed by atoms with Crippen LogP contribution in [0.4, 0.5) is 0 Å².